The molecular formula is C13H23NO5S. The maximum Gasteiger partial charge on any atom is 0.309 e. The molecule has 0 radical (unpaired) electrons. The Labute approximate surface area is 119 Å². The molecule has 0 bridgehead atoms. The molecule has 2 saturated heterocycles. The van der Waals surface area contributed by atoms with Crippen LogP contribution in [0.15, 0.2) is 0 Å². The second-order valence-corrected chi connectivity index (χ2v) is 8.73. The van der Waals surface area contributed by atoms with Crippen LogP contribution in [0, 0.1) is 11.3 Å². The van der Waals surface area contributed by atoms with E-state index in [1.54, 1.807) is 13.8 Å². The molecule has 2 fully saturated rings. The van der Waals surface area contributed by atoms with Crippen molar-refractivity contribution in [2.45, 2.75) is 38.8 Å². The molecule has 0 saturated carbocycles. The maximum absolute atomic E-state index is 11.6. The van der Waals surface area contributed by atoms with Gasteiger partial charge in [-0.3, -0.25) is 9.69 Å². The summed E-state index contributed by atoms with van der Waals surface area (Å²) in [6.07, 6.45) is 0.808. The van der Waals surface area contributed by atoms with Gasteiger partial charge in [-0.05, 0) is 39.2 Å². The number of rotatable bonds is 3. The highest BCUT2D eigenvalue weighted by atomic mass is 32.2. The zero-order chi connectivity index (χ0) is 15.1. The van der Waals surface area contributed by atoms with Crippen LogP contribution in [0.3, 0.4) is 0 Å². The van der Waals surface area contributed by atoms with Gasteiger partial charge in [0.1, 0.15) is 0 Å². The Morgan fingerprint density at radius 3 is 2.45 bits per heavy atom. The topological polar surface area (TPSA) is 94.9 Å². The van der Waals surface area contributed by atoms with Gasteiger partial charge in [-0.15, -0.1) is 0 Å². The molecule has 20 heavy (non-hydrogen) atoms. The van der Waals surface area contributed by atoms with Crippen molar-refractivity contribution in [2.75, 3.05) is 24.6 Å². The van der Waals surface area contributed by atoms with Crippen molar-refractivity contribution in [3.8, 4) is 0 Å². The highest BCUT2D eigenvalue weighted by Crippen LogP contribution is 2.35. The Morgan fingerprint density at radius 1 is 1.30 bits per heavy atom. The minimum absolute atomic E-state index is 0.0195. The molecule has 2 heterocycles. The van der Waals surface area contributed by atoms with E-state index in [0.29, 0.717) is 6.54 Å². The Balaban J connectivity index is 2.10. The van der Waals surface area contributed by atoms with Crippen molar-refractivity contribution in [3.63, 3.8) is 0 Å². The van der Waals surface area contributed by atoms with Gasteiger partial charge in [0.05, 0.1) is 29.1 Å². The molecule has 0 aromatic heterocycles. The van der Waals surface area contributed by atoms with Crippen molar-refractivity contribution in [3.05, 3.63) is 0 Å². The van der Waals surface area contributed by atoms with Gasteiger partial charge in [0.25, 0.3) is 0 Å². The van der Waals surface area contributed by atoms with Crippen molar-refractivity contribution in [2.24, 2.45) is 11.3 Å². The fourth-order valence-electron chi connectivity index (χ4n) is 3.23. The van der Waals surface area contributed by atoms with E-state index in [1.165, 1.54) is 0 Å². The summed E-state index contributed by atoms with van der Waals surface area (Å²) in [5, 5.41) is 19.3. The summed E-state index contributed by atoms with van der Waals surface area (Å²) in [7, 11) is -3.17. The predicted octanol–water partition coefficient (Wildman–Crippen LogP) is -0.0329. The second-order valence-electron chi connectivity index (χ2n) is 6.57. The molecule has 3 unspecified atom stereocenters. The Kier molecular flexibility index (Phi) is 4.15. The van der Waals surface area contributed by atoms with Crippen LogP contribution in [0.25, 0.3) is 0 Å². The summed E-state index contributed by atoms with van der Waals surface area (Å²) in [4.78, 5) is 13.3. The van der Waals surface area contributed by atoms with E-state index in [2.05, 4.69) is 0 Å². The average Bonchev–Trinajstić information content (AvgIpc) is 2.63. The zero-order valence-corrected chi connectivity index (χ0v) is 12.8. The second kappa shape index (κ2) is 5.27. The van der Waals surface area contributed by atoms with E-state index >= 15 is 0 Å². The number of carbonyl (C=O) groups is 1. The molecule has 3 atom stereocenters. The van der Waals surface area contributed by atoms with E-state index in [1.807, 2.05) is 4.90 Å². The van der Waals surface area contributed by atoms with Crippen LogP contribution in [-0.2, 0) is 14.6 Å². The molecule has 0 aliphatic carbocycles. The standard InChI is InChI=1S/C13H23NO5S/c1-13(2,12(16)17)9-4-3-5-14(6-9)10-7-20(18,19)8-11(10)15/h9-11,15H,3-8H2,1-2H3,(H,16,17). The van der Waals surface area contributed by atoms with Crippen LogP contribution in [0.5, 0.6) is 0 Å². The number of sulfone groups is 1. The first-order valence-corrected chi connectivity index (χ1v) is 8.81. The molecule has 0 amide bonds. The number of hydrogen-bond acceptors (Lipinski definition) is 5. The van der Waals surface area contributed by atoms with E-state index in [4.69, 9.17) is 0 Å². The third-order valence-corrected chi connectivity index (χ3v) is 6.49. The van der Waals surface area contributed by atoms with Gasteiger partial charge in [-0.1, -0.05) is 0 Å². The van der Waals surface area contributed by atoms with Gasteiger partial charge in [-0.2, -0.15) is 0 Å². The number of likely N-dealkylation sites (tertiary alicyclic amines) is 1. The highest BCUT2D eigenvalue weighted by molar-refractivity contribution is 7.91. The molecule has 0 aromatic rings. The zero-order valence-electron chi connectivity index (χ0n) is 11.9. The summed E-state index contributed by atoms with van der Waals surface area (Å²) in [6, 6.07) is -0.382. The number of piperidine rings is 1. The lowest BCUT2D eigenvalue weighted by Crippen LogP contribution is -2.51. The lowest BCUT2D eigenvalue weighted by molar-refractivity contribution is -0.151. The normalized spacial score (nSPS) is 35.0. The summed E-state index contributed by atoms with van der Waals surface area (Å²) in [6.45, 7) is 4.69. The van der Waals surface area contributed by atoms with Crippen molar-refractivity contribution < 1.29 is 23.4 Å². The number of carboxylic acids is 1. The van der Waals surface area contributed by atoms with Crippen LogP contribution in [0.2, 0.25) is 0 Å². The summed E-state index contributed by atoms with van der Waals surface area (Å²) < 4.78 is 23.2. The van der Waals surface area contributed by atoms with Crippen LogP contribution in [0.4, 0.5) is 0 Å². The molecule has 0 spiro atoms. The lowest BCUT2D eigenvalue weighted by atomic mass is 9.74. The number of aliphatic carboxylic acids is 1. The van der Waals surface area contributed by atoms with Crippen LogP contribution >= 0.6 is 0 Å². The fraction of sp³-hybridized carbons (Fsp3) is 0.923. The van der Waals surface area contributed by atoms with Gasteiger partial charge in [-0.25, -0.2) is 8.42 Å². The van der Waals surface area contributed by atoms with Crippen molar-refractivity contribution in [1.82, 2.24) is 4.90 Å². The highest BCUT2D eigenvalue weighted by Gasteiger charge is 2.45. The summed E-state index contributed by atoms with van der Waals surface area (Å²) in [5.74, 6) is -1.05. The van der Waals surface area contributed by atoms with Crippen LogP contribution in [-0.4, -0.2) is 66.2 Å². The van der Waals surface area contributed by atoms with E-state index in [-0.39, 0.29) is 23.5 Å². The molecule has 6 nitrogen and oxygen atoms in total. The van der Waals surface area contributed by atoms with E-state index in [9.17, 15) is 23.4 Å². The molecule has 2 rings (SSSR count). The van der Waals surface area contributed by atoms with Gasteiger partial charge in [0.2, 0.25) is 0 Å². The average molecular weight is 305 g/mol. The fourth-order valence-corrected chi connectivity index (χ4v) is 5.06. The lowest BCUT2D eigenvalue weighted by Gasteiger charge is -2.42. The maximum atomic E-state index is 11.6. The smallest absolute Gasteiger partial charge is 0.309 e. The largest absolute Gasteiger partial charge is 0.481 e. The third kappa shape index (κ3) is 2.99. The number of nitrogens with zero attached hydrogens (tertiary/aromatic N) is 1. The van der Waals surface area contributed by atoms with Gasteiger partial charge in [0.15, 0.2) is 9.84 Å². The van der Waals surface area contributed by atoms with Crippen LogP contribution in [0.1, 0.15) is 26.7 Å². The predicted molar refractivity (Wildman–Crippen MR) is 74.2 cm³/mol. The number of hydrogen-bond donors (Lipinski definition) is 2. The quantitative estimate of drug-likeness (QED) is 0.760. The SMILES string of the molecule is CC(C)(C(=O)O)C1CCCN(C2CS(=O)(=O)CC2O)C1. The Hall–Kier alpha value is -0.660. The van der Waals surface area contributed by atoms with Gasteiger partial charge >= 0.3 is 5.97 Å². The van der Waals surface area contributed by atoms with Gasteiger partial charge in [0, 0.05) is 6.54 Å². The summed E-state index contributed by atoms with van der Waals surface area (Å²) >= 11 is 0. The first kappa shape index (κ1) is 15.7. The van der Waals surface area contributed by atoms with Crippen LogP contribution < -0.4 is 0 Å². The van der Waals surface area contributed by atoms with E-state index < -0.39 is 27.3 Å². The summed E-state index contributed by atoms with van der Waals surface area (Å²) in [5.41, 5.74) is -0.832. The number of aliphatic hydroxyl groups is 1. The number of carboxylic acid groups (broad SMARTS) is 1. The molecular weight excluding hydrogens is 282 g/mol. The molecule has 116 valence electrons. The molecule has 0 aromatic carbocycles. The monoisotopic (exact) mass is 305 g/mol. The minimum Gasteiger partial charge on any atom is -0.481 e. The molecule has 7 heteroatoms. The number of aliphatic hydroxyl groups excluding tert-OH is 1. The first-order valence-electron chi connectivity index (χ1n) is 6.99. The molecule has 2 aliphatic heterocycles. The van der Waals surface area contributed by atoms with Gasteiger partial charge < -0.3 is 10.2 Å². The van der Waals surface area contributed by atoms with E-state index in [0.717, 1.165) is 19.4 Å². The minimum atomic E-state index is -3.17. The Bertz CT molecular complexity index is 487. The molecule has 2 aliphatic rings. The first-order chi connectivity index (χ1) is 9.13. The van der Waals surface area contributed by atoms with Crippen molar-refractivity contribution >= 4 is 15.8 Å². The molecule has 2 N–H and O–H groups in total. The van der Waals surface area contributed by atoms with Crippen molar-refractivity contribution in [1.29, 1.82) is 0 Å². The third-order valence-electron chi connectivity index (χ3n) is 4.79. The Morgan fingerprint density at radius 2 is 1.95 bits per heavy atom.